The van der Waals surface area contributed by atoms with Gasteiger partial charge in [0.15, 0.2) is 5.13 Å². The molecule has 0 aromatic carbocycles. The molecule has 1 aromatic heterocycles. The normalized spacial score (nSPS) is 20.6. The Morgan fingerprint density at radius 1 is 1.50 bits per heavy atom. The van der Waals surface area contributed by atoms with E-state index in [0.717, 1.165) is 28.5 Å². The van der Waals surface area contributed by atoms with Crippen LogP contribution in [-0.4, -0.2) is 22.1 Å². The number of nitrogens with zero attached hydrogens (tertiary/aromatic N) is 1. The highest BCUT2D eigenvalue weighted by Crippen LogP contribution is 2.37. The van der Waals surface area contributed by atoms with Gasteiger partial charge in [-0.3, -0.25) is 4.79 Å². The van der Waals surface area contributed by atoms with Crippen LogP contribution in [0, 0.1) is 5.92 Å². The van der Waals surface area contributed by atoms with Crippen molar-refractivity contribution in [1.29, 1.82) is 0 Å². The van der Waals surface area contributed by atoms with E-state index < -0.39 is 11.9 Å². The molecule has 0 saturated carbocycles. The summed E-state index contributed by atoms with van der Waals surface area (Å²) in [6, 6.07) is 0.348. The van der Waals surface area contributed by atoms with E-state index in [1.54, 1.807) is 11.3 Å². The molecule has 0 aliphatic heterocycles. The van der Waals surface area contributed by atoms with Gasteiger partial charge < -0.3 is 10.4 Å². The van der Waals surface area contributed by atoms with E-state index in [4.69, 9.17) is 0 Å². The van der Waals surface area contributed by atoms with Gasteiger partial charge in [-0.1, -0.05) is 13.8 Å². The molecule has 2 rings (SSSR count). The maximum absolute atomic E-state index is 11.2. The highest BCUT2D eigenvalue weighted by Gasteiger charge is 2.30. The van der Waals surface area contributed by atoms with Crippen LogP contribution in [0.3, 0.4) is 0 Å². The summed E-state index contributed by atoms with van der Waals surface area (Å²) in [6.45, 7) is 6.44. The standard InChI is InChI=1S/C13H20N2O2S/c1-7(2)8(3)14-13-15-11-9(12(16)17)5-4-6-10(11)18-13/h7-9H,4-6H2,1-3H3,(H,14,15)(H,16,17). The summed E-state index contributed by atoms with van der Waals surface area (Å²) < 4.78 is 0. The quantitative estimate of drug-likeness (QED) is 0.880. The summed E-state index contributed by atoms with van der Waals surface area (Å²) in [4.78, 5) is 16.8. The predicted molar refractivity (Wildman–Crippen MR) is 73.4 cm³/mol. The largest absolute Gasteiger partial charge is 0.481 e. The Kier molecular flexibility index (Phi) is 3.90. The zero-order valence-electron chi connectivity index (χ0n) is 11.1. The molecular weight excluding hydrogens is 248 g/mol. The van der Waals surface area contributed by atoms with Gasteiger partial charge in [-0.25, -0.2) is 4.98 Å². The Balaban J connectivity index is 2.19. The maximum Gasteiger partial charge on any atom is 0.312 e. The van der Waals surface area contributed by atoms with Crippen molar-refractivity contribution in [3.05, 3.63) is 10.6 Å². The zero-order chi connectivity index (χ0) is 13.3. The van der Waals surface area contributed by atoms with Gasteiger partial charge in [-0.2, -0.15) is 0 Å². The summed E-state index contributed by atoms with van der Waals surface area (Å²) in [7, 11) is 0. The fourth-order valence-corrected chi connectivity index (χ4v) is 3.24. The minimum atomic E-state index is -0.746. The molecule has 0 radical (unpaired) electrons. The number of fused-ring (bicyclic) bond motifs is 1. The number of aliphatic carboxylic acids is 1. The number of nitrogens with one attached hydrogen (secondary N) is 1. The Morgan fingerprint density at radius 3 is 2.83 bits per heavy atom. The van der Waals surface area contributed by atoms with Gasteiger partial charge >= 0.3 is 5.97 Å². The number of hydrogen-bond acceptors (Lipinski definition) is 4. The lowest BCUT2D eigenvalue weighted by molar-refractivity contribution is -0.139. The molecule has 2 atom stereocenters. The first-order chi connectivity index (χ1) is 8.49. The van der Waals surface area contributed by atoms with Crippen LogP contribution in [-0.2, 0) is 11.2 Å². The number of carbonyl (C=O) groups is 1. The van der Waals surface area contributed by atoms with E-state index in [1.165, 1.54) is 0 Å². The van der Waals surface area contributed by atoms with Crippen molar-refractivity contribution in [2.45, 2.75) is 52.0 Å². The molecule has 0 amide bonds. The molecule has 0 bridgehead atoms. The van der Waals surface area contributed by atoms with Crippen molar-refractivity contribution in [2.75, 3.05) is 5.32 Å². The Bertz CT molecular complexity index is 442. The van der Waals surface area contributed by atoms with E-state index >= 15 is 0 Å². The molecule has 1 heterocycles. The van der Waals surface area contributed by atoms with Crippen LogP contribution < -0.4 is 5.32 Å². The molecule has 18 heavy (non-hydrogen) atoms. The molecule has 4 nitrogen and oxygen atoms in total. The summed E-state index contributed by atoms with van der Waals surface area (Å²) in [5.74, 6) is -0.624. The molecule has 2 unspecified atom stereocenters. The van der Waals surface area contributed by atoms with Gasteiger partial charge in [0.25, 0.3) is 0 Å². The second-order valence-electron chi connectivity index (χ2n) is 5.29. The minimum absolute atomic E-state index is 0.348. The molecule has 0 fully saturated rings. The van der Waals surface area contributed by atoms with Crippen molar-refractivity contribution in [3.8, 4) is 0 Å². The summed E-state index contributed by atoms with van der Waals surface area (Å²) in [6.07, 6.45) is 2.63. The third-order valence-electron chi connectivity index (χ3n) is 3.60. The SMILES string of the molecule is CC(C)C(C)Nc1nc2c(s1)CCCC2C(=O)O. The highest BCUT2D eigenvalue weighted by atomic mass is 32.1. The minimum Gasteiger partial charge on any atom is -0.481 e. The third kappa shape index (κ3) is 2.66. The molecule has 1 aliphatic rings. The summed E-state index contributed by atoms with van der Waals surface area (Å²) in [5.41, 5.74) is 0.789. The first-order valence-corrected chi connectivity index (χ1v) is 7.29. The van der Waals surface area contributed by atoms with Gasteiger partial charge in [0.05, 0.1) is 5.69 Å². The van der Waals surface area contributed by atoms with Gasteiger partial charge in [0, 0.05) is 10.9 Å². The first kappa shape index (κ1) is 13.3. The van der Waals surface area contributed by atoms with Gasteiger partial charge in [-0.05, 0) is 32.1 Å². The van der Waals surface area contributed by atoms with Crippen molar-refractivity contribution >= 4 is 22.4 Å². The number of thiazole rings is 1. The van der Waals surface area contributed by atoms with Gasteiger partial charge in [0.1, 0.15) is 5.92 Å². The van der Waals surface area contributed by atoms with Crippen molar-refractivity contribution < 1.29 is 9.90 Å². The van der Waals surface area contributed by atoms with Crippen molar-refractivity contribution in [1.82, 2.24) is 4.98 Å². The number of aryl methyl sites for hydroxylation is 1. The van der Waals surface area contributed by atoms with E-state index in [-0.39, 0.29) is 0 Å². The zero-order valence-corrected chi connectivity index (χ0v) is 11.9. The van der Waals surface area contributed by atoms with E-state index in [2.05, 4.69) is 31.1 Å². The Labute approximate surface area is 111 Å². The number of carboxylic acid groups (broad SMARTS) is 1. The molecule has 100 valence electrons. The van der Waals surface area contributed by atoms with Crippen LogP contribution in [0.25, 0.3) is 0 Å². The lowest BCUT2D eigenvalue weighted by atomic mass is 9.91. The van der Waals surface area contributed by atoms with E-state index in [1.807, 2.05) is 0 Å². The van der Waals surface area contributed by atoms with E-state index in [9.17, 15) is 9.90 Å². The monoisotopic (exact) mass is 268 g/mol. The van der Waals surface area contributed by atoms with Crippen LogP contribution in [0.15, 0.2) is 0 Å². The first-order valence-electron chi connectivity index (χ1n) is 6.48. The topological polar surface area (TPSA) is 62.2 Å². The lowest BCUT2D eigenvalue weighted by Crippen LogP contribution is -2.21. The molecule has 5 heteroatoms. The second kappa shape index (κ2) is 5.26. The van der Waals surface area contributed by atoms with Crippen molar-refractivity contribution in [2.24, 2.45) is 5.92 Å². The van der Waals surface area contributed by atoms with Crippen LogP contribution in [0.4, 0.5) is 5.13 Å². The smallest absolute Gasteiger partial charge is 0.312 e. The fraction of sp³-hybridized carbons (Fsp3) is 0.692. The summed E-state index contributed by atoms with van der Waals surface area (Å²) in [5, 5.41) is 13.5. The molecule has 2 N–H and O–H groups in total. The third-order valence-corrected chi connectivity index (χ3v) is 4.67. The van der Waals surface area contributed by atoms with Crippen LogP contribution in [0.2, 0.25) is 0 Å². The maximum atomic E-state index is 11.2. The predicted octanol–water partition coefficient (Wildman–Crippen LogP) is 3.10. The fourth-order valence-electron chi connectivity index (χ4n) is 2.08. The molecule has 1 aliphatic carbocycles. The number of anilines is 1. The second-order valence-corrected chi connectivity index (χ2v) is 6.37. The van der Waals surface area contributed by atoms with Gasteiger partial charge in [0.2, 0.25) is 0 Å². The van der Waals surface area contributed by atoms with Crippen LogP contribution >= 0.6 is 11.3 Å². The van der Waals surface area contributed by atoms with E-state index in [0.29, 0.717) is 18.4 Å². The molecule has 0 spiro atoms. The number of aromatic nitrogens is 1. The average Bonchev–Trinajstić information content (AvgIpc) is 2.70. The number of hydrogen-bond donors (Lipinski definition) is 2. The Morgan fingerprint density at radius 2 is 2.22 bits per heavy atom. The Hall–Kier alpha value is -1.10. The number of rotatable bonds is 4. The molecule has 0 saturated heterocycles. The van der Waals surface area contributed by atoms with Crippen molar-refractivity contribution in [3.63, 3.8) is 0 Å². The molecule has 1 aromatic rings. The summed E-state index contributed by atoms with van der Waals surface area (Å²) >= 11 is 1.62. The average molecular weight is 268 g/mol. The van der Waals surface area contributed by atoms with Gasteiger partial charge in [-0.15, -0.1) is 11.3 Å². The molecular formula is C13H20N2O2S. The lowest BCUT2D eigenvalue weighted by Gasteiger charge is -2.16. The number of carboxylic acids is 1. The van der Waals surface area contributed by atoms with Crippen LogP contribution in [0.5, 0.6) is 0 Å². The highest BCUT2D eigenvalue weighted by molar-refractivity contribution is 7.15. The van der Waals surface area contributed by atoms with Crippen LogP contribution in [0.1, 0.15) is 50.1 Å².